The molecule has 5 heteroatoms. The van der Waals surface area contributed by atoms with E-state index in [1.54, 1.807) is 13.0 Å². The molecular weight excluding hydrogens is 256 g/mol. The number of amides is 1. The molecule has 0 radical (unpaired) electrons. The van der Waals surface area contributed by atoms with Crippen LogP contribution >= 0.6 is 0 Å². The topological polar surface area (TPSA) is 75.4 Å². The second kappa shape index (κ2) is 6.04. The van der Waals surface area contributed by atoms with Crippen molar-refractivity contribution in [2.75, 3.05) is 11.9 Å². The lowest BCUT2D eigenvalue weighted by Crippen LogP contribution is -2.12. The van der Waals surface area contributed by atoms with Gasteiger partial charge in [0.1, 0.15) is 6.61 Å². The lowest BCUT2D eigenvalue weighted by Gasteiger charge is -2.05. The Hall–Kier alpha value is -2.58. The van der Waals surface area contributed by atoms with Crippen molar-refractivity contribution in [3.05, 3.63) is 46.8 Å². The van der Waals surface area contributed by atoms with Crippen LogP contribution in [0.25, 0.3) is 0 Å². The summed E-state index contributed by atoms with van der Waals surface area (Å²) in [6.07, 6.45) is 1.49. The van der Waals surface area contributed by atoms with Crippen LogP contribution in [0.1, 0.15) is 27.2 Å². The van der Waals surface area contributed by atoms with Crippen LogP contribution in [0.15, 0.2) is 28.9 Å². The third-order valence-corrected chi connectivity index (χ3v) is 2.60. The molecule has 102 valence electrons. The molecule has 2 aromatic rings. The number of aromatic nitrogens is 1. The minimum Gasteiger partial charge on any atom is -0.384 e. The number of carbonyl (C=O) groups excluding carboxylic acids is 1. The molecule has 0 aliphatic heterocycles. The lowest BCUT2D eigenvalue weighted by atomic mass is 10.1. The third-order valence-electron chi connectivity index (χ3n) is 2.60. The number of aliphatic hydroxyl groups excluding tert-OH is 1. The van der Waals surface area contributed by atoms with E-state index in [-0.39, 0.29) is 18.3 Å². The van der Waals surface area contributed by atoms with Gasteiger partial charge in [0.25, 0.3) is 5.91 Å². The molecule has 0 bridgehead atoms. The second-order valence-corrected chi connectivity index (χ2v) is 4.34. The molecule has 1 amide bonds. The van der Waals surface area contributed by atoms with E-state index < -0.39 is 0 Å². The molecule has 0 atom stereocenters. The summed E-state index contributed by atoms with van der Waals surface area (Å²) in [7, 11) is 0. The first-order chi connectivity index (χ1) is 9.60. The first-order valence-corrected chi connectivity index (χ1v) is 6.04. The minimum absolute atomic E-state index is 0.189. The average Bonchev–Trinajstić information content (AvgIpc) is 2.82. The van der Waals surface area contributed by atoms with E-state index in [4.69, 9.17) is 9.63 Å². The van der Waals surface area contributed by atoms with Crippen LogP contribution in [-0.2, 0) is 0 Å². The highest BCUT2D eigenvalue weighted by molar-refractivity contribution is 6.03. The molecule has 0 aliphatic carbocycles. The number of benzene rings is 1. The van der Waals surface area contributed by atoms with Gasteiger partial charge in [0, 0.05) is 16.8 Å². The summed E-state index contributed by atoms with van der Waals surface area (Å²) in [5.74, 6) is 5.22. The molecule has 1 aromatic heterocycles. The van der Waals surface area contributed by atoms with E-state index in [0.717, 1.165) is 11.1 Å². The number of aliphatic hydroxyl groups is 1. The van der Waals surface area contributed by atoms with Crippen molar-refractivity contribution < 1.29 is 14.4 Å². The van der Waals surface area contributed by atoms with Crippen LogP contribution in [0.2, 0.25) is 0 Å². The summed E-state index contributed by atoms with van der Waals surface area (Å²) in [5, 5.41) is 15.0. The van der Waals surface area contributed by atoms with Gasteiger partial charge in [0.15, 0.2) is 0 Å². The maximum atomic E-state index is 12.0. The molecule has 1 aromatic carbocycles. The number of hydrogen-bond acceptors (Lipinski definition) is 4. The zero-order valence-corrected chi connectivity index (χ0v) is 11.2. The van der Waals surface area contributed by atoms with Gasteiger partial charge in [-0.15, -0.1) is 0 Å². The van der Waals surface area contributed by atoms with E-state index in [9.17, 15) is 4.79 Å². The summed E-state index contributed by atoms with van der Waals surface area (Å²) in [6.45, 7) is 3.45. The zero-order valence-electron chi connectivity index (χ0n) is 11.2. The van der Waals surface area contributed by atoms with Crippen molar-refractivity contribution in [2.45, 2.75) is 13.8 Å². The standard InChI is InChI=1S/C15H14N2O3/c1-10-6-12(4-3-5-18)8-13(7-10)17-15(19)14-11(2)9-16-20-14/h6-9,18H,5H2,1-2H3,(H,17,19). The van der Waals surface area contributed by atoms with E-state index >= 15 is 0 Å². The van der Waals surface area contributed by atoms with E-state index in [0.29, 0.717) is 11.3 Å². The fraction of sp³-hybridized carbons (Fsp3) is 0.200. The van der Waals surface area contributed by atoms with Crippen LogP contribution in [0, 0.1) is 25.7 Å². The first kappa shape index (κ1) is 13.8. The predicted molar refractivity (Wildman–Crippen MR) is 74.3 cm³/mol. The van der Waals surface area contributed by atoms with Crippen molar-refractivity contribution in [1.82, 2.24) is 5.16 Å². The van der Waals surface area contributed by atoms with Crippen LogP contribution in [0.4, 0.5) is 5.69 Å². The van der Waals surface area contributed by atoms with Gasteiger partial charge < -0.3 is 14.9 Å². The van der Waals surface area contributed by atoms with Crippen LogP contribution in [0.3, 0.4) is 0 Å². The quantitative estimate of drug-likeness (QED) is 0.817. The summed E-state index contributed by atoms with van der Waals surface area (Å²) < 4.78 is 4.90. The predicted octanol–water partition coefficient (Wildman–Crippen LogP) is 1.89. The van der Waals surface area contributed by atoms with Gasteiger partial charge in [0.2, 0.25) is 5.76 Å². The molecule has 1 heterocycles. The summed E-state index contributed by atoms with van der Waals surface area (Å²) in [5.41, 5.74) is 2.98. The van der Waals surface area contributed by atoms with Crippen molar-refractivity contribution in [3.63, 3.8) is 0 Å². The highest BCUT2D eigenvalue weighted by atomic mass is 16.5. The Bertz CT molecular complexity index is 693. The average molecular weight is 270 g/mol. The van der Waals surface area contributed by atoms with Gasteiger partial charge in [0.05, 0.1) is 6.20 Å². The molecular formula is C15H14N2O3. The van der Waals surface area contributed by atoms with Gasteiger partial charge >= 0.3 is 0 Å². The van der Waals surface area contributed by atoms with E-state index in [2.05, 4.69) is 22.3 Å². The Balaban J connectivity index is 2.23. The number of aryl methyl sites for hydroxylation is 2. The minimum atomic E-state index is -0.355. The van der Waals surface area contributed by atoms with E-state index in [1.165, 1.54) is 6.20 Å². The molecule has 0 aliphatic rings. The molecule has 0 unspecified atom stereocenters. The maximum absolute atomic E-state index is 12.0. The second-order valence-electron chi connectivity index (χ2n) is 4.34. The van der Waals surface area contributed by atoms with Crippen LogP contribution in [0.5, 0.6) is 0 Å². The Morgan fingerprint density at radius 2 is 2.20 bits per heavy atom. The highest BCUT2D eigenvalue weighted by Crippen LogP contribution is 2.16. The van der Waals surface area contributed by atoms with Crippen molar-refractivity contribution >= 4 is 11.6 Å². The summed E-state index contributed by atoms with van der Waals surface area (Å²) in [6, 6.07) is 5.44. The largest absolute Gasteiger partial charge is 0.384 e. The molecule has 5 nitrogen and oxygen atoms in total. The molecule has 2 N–H and O–H groups in total. The van der Waals surface area contributed by atoms with Crippen LogP contribution in [-0.4, -0.2) is 22.8 Å². The molecule has 0 spiro atoms. The number of anilines is 1. The lowest BCUT2D eigenvalue weighted by molar-refractivity contribution is 0.0987. The SMILES string of the molecule is Cc1cc(C#CCO)cc(NC(=O)c2oncc2C)c1. The zero-order chi connectivity index (χ0) is 14.5. The Labute approximate surface area is 116 Å². The fourth-order valence-electron chi connectivity index (χ4n) is 1.77. The molecule has 0 fully saturated rings. The summed E-state index contributed by atoms with van der Waals surface area (Å²) >= 11 is 0. The Morgan fingerprint density at radius 1 is 1.40 bits per heavy atom. The Morgan fingerprint density at radius 3 is 2.85 bits per heavy atom. The number of carbonyl (C=O) groups is 1. The van der Waals surface area contributed by atoms with Crippen LogP contribution < -0.4 is 5.32 Å². The number of nitrogens with zero attached hydrogens (tertiary/aromatic N) is 1. The maximum Gasteiger partial charge on any atom is 0.294 e. The van der Waals surface area contributed by atoms with Gasteiger partial charge in [-0.2, -0.15) is 0 Å². The number of nitrogens with one attached hydrogen (secondary N) is 1. The summed E-state index contributed by atoms with van der Waals surface area (Å²) in [4.78, 5) is 12.0. The van der Waals surface area contributed by atoms with Gasteiger partial charge in [-0.05, 0) is 37.6 Å². The first-order valence-electron chi connectivity index (χ1n) is 6.04. The van der Waals surface area contributed by atoms with Gasteiger partial charge in [-0.3, -0.25) is 4.79 Å². The molecule has 0 saturated carbocycles. The molecule has 20 heavy (non-hydrogen) atoms. The number of rotatable bonds is 2. The van der Waals surface area contributed by atoms with Gasteiger partial charge in [-0.25, -0.2) is 0 Å². The fourth-order valence-corrected chi connectivity index (χ4v) is 1.77. The van der Waals surface area contributed by atoms with Crippen molar-refractivity contribution in [2.24, 2.45) is 0 Å². The Kier molecular flexibility index (Phi) is 4.18. The smallest absolute Gasteiger partial charge is 0.294 e. The molecule has 2 rings (SSSR count). The normalized spacial score (nSPS) is 9.75. The highest BCUT2D eigenvalue weighted by Gasteiger charge is 2.14. The van der Waals surface area contributed by atoms with E-state index in [1.807, 2.05) is 19.1 Å². The van der Waals surface area contributed by atoms with Gasteiger partial charge in [-0.1, -0.05) is 17.0 Å². The molecule has 0 saturated heterocycles. The van der Waals surface area contributed by atoms with Crippen molar-refractivity contribution in [3.8, 4) is 11.8 Å². The monoisotopic (exact) mass is 270 g/mol. The van der Waals surface area contributed by atoms with Crippen molar-refractivity contribution in [1.29, 1.82) is 0 Å². The third kappa shape index (κ3) is 3.25. The number of hydrogen-bond donors (Lipinski definition) is 2.